The molecular weight excluding hydrogens is 184 g/mol. The maximum atomic E-state index is 4.23. The lowest BCUT2D eigenvalue weighted by atomic mass is 10.3. The van der Waals surface area contributed by atoms with Crippen molar-refractivity contribution < 1.29 is 5.48 Å². The van der Waals surface area contributed by atoms with Crippen molar-refractivity contribution in [2.24, 2.45) is 0 Å². The maximum Gasteiger partial charge on any atom is 0.0801 e. The largest absolute Gasteiger partial charge is 0.412 e. The molecule has 0 aliphatic carbocycles. The molecule has 13 heavy (non-hydrogen) atoms. The molecule has 0 saturated heterocycles. The van der Waals surface area contributed by atoms with Crippen molar-refractivity contribution in [3.63, 3.8) is 0 Å². The highest BCUT2D eigenvalue weighted by molar-refractivity contribution is 7.13. The monoisotopic (exact) mass is 196 g/mol. The highest BCUT2D eigenvalue weighted by Gasteiger charge is 1.95. The summed E-state index contributed by atoms with van der Waals surface area (Å²) in [6.07, 6.45) is 1.81. The summed E-state index contributed by atoms with van der Waals surface area (Å²) < 4.78 is 0. The molecule has 0 radical (unpaired) electrons. The first kappa shape index (κ1) is 11.8. The smallest absolute Gasteiger partial charge is 0.0801 e. The second kappa shape index (κ2) is 5.42. The topological polar surface area (TPSA) is 79.4 Å². The zero-order valence-corrected chi connectivity index (χ0v) is 7.92. The minimum atomic E-state index is 0. The van der Waals surface area contributed by atoms with Gasteiger partial charge in [0.05, 0.1) is 10.6 Å². The third kappa shape index (κ3) is 2.62. The van der Waals surface area contributed by atoms with Gasteiger partial charge in [-0.3, -0.25) is 4.98 Å². The van der Waals surface area contributed by atoms with Gasteiger partial charge in [-0.15, -0.1) is 11.3 Å². The maximum absolute atomic E-state index is 4.23. The summed E-state index contributed by atoms with van der Waals surface area (Å²) in [4.78, 5) is 5.46. The van der Waals surface area contributed by atoms with Crippen LogP contribution < -0.4 is 6.15 Å². The standard InChI is InChI=1S/C9H7NS.H3N.H2O/c1-2-6-10-8(4-1)9-5-3-7-11-9;;/h1-7H;1H3;1H2. The van der Waals surface area contributed by atoms with Gasteiger partial charge in [0.1, 0.15) is 0 Å². The van der Waals surface area contributed by atoms with E-state index >= 15 is 0 Å². The Kier molecular flexibility index (Phi) is 4.91. The molecule has 5 N–H and O–H groups in total. The number of pyridine rings is 1. The SMILES string of the molecule is N.O.c1ccc(-c2cccs2)nc1. The first-order valence-corrected chi connectivity index (χ1v) is 4.30. The zero-order valence-electron chi connectivity index (χ0n) is 7.10. The summed E-state index contributed by atoms with van der Waals surface area (Å²) in [6.45, 7) is 0. The second-order valence-electron chi connectivity index (χ2n) is 2.19. The molecule has 0 spiro atoms. The minimum Gasteiger partial charge on any atom is -0.412 e. The first-order chi connectivity index (χ1) is 5.47. The number of hydrogen-bond acceptors (Lipinski definition) is 3. The fraction of sp³-hybridized carbons (Fsp3) is 0. The Balaban J connectivity index is 0.000000720. The Morgan fingerprint density at radius 2 is 1.92 bits per heavy atom. The average Bonchev–Trinajstić information content (AvgIpc) is 2.58. The molecule has 0 aromatic carbocycles. The predicted octanol–water partition coefficient (Wildman–Crippen LogP) is 2.15. The van der Waals surface area contributed by atoms with E-state index in [-0.39, 0.29) is 11.6 Å². The molecule has 2 aromatic rings. The fourth-order valence-corrected chi connectivity index (χ4v) is 1.64. The van der Waals surface area contributed by atoms with Crippen LogP contribution in [0.15, 0.2) is 41.9 Å². The van der Waals surface area contributed by atoms with Crippen molar-refractivity contribution in [3.8, 4) is 10.6 Å². The van der Waals surface area contributed by atoms with E-state index in [1.165, 1.54) is 4.88 Å². The molecular formula is C9H12N2OS. The van der Waals surface area contributed by atoms with Gasteiger partial charge in [0.2, 0.25) is 0 Å². The van der Waals surface area contributed by atoms with Gasteiger partial charge in [-0.2, -0.15) is 0 Å². The van der Waals surface area contributed by atoms with Crippen LogP contribution in [0.5, 0.6) is 0 Å². The molecule has 0 atom stereocenters. The molecule has 2 aromatic heterocycles. The van der Waals surface area contributed by atoms with E-state index in [0.717, 1.165) is 5.69 Å². The van der Waals surface area contributed by atoms with Gasteiger partial charge in [0, 0.05) is 6.20 Å². The Bertz CT molecular complexity index is 321. The third-order valence-electron chi connectivity index (χ3n) is 1.44. The molecule has 0 aliphatic rings. The average molecular weight is 196 g/mol. The summed E-state index contributed by atoms with van der Waals surface area (Å²) >= 11 is 1.71. The second-order valence-corrected chi connectivity index (χ2v) is 3.14. The van der Waals surface area contributed by atoms with Crippen LogP contribution in [-0.2, 0) is 0 Å². The molecule has 0 fully saturated rings. The first-order valence-electron chi connectivity index (χ1n) is 3.42. The van der Waals surface area contributed by atoms with Crippen LogP contribution in [0.4, 0.5) is 0 Å². The molecule has 0 aliphatic heterocycles. The van der Waals surface area contributed by atoms with E-state index < -0.39 is 0 Å². The number of aromatic nitrogens is 1. The molecule has 0 bridgehead atoms. The Labute approximate surface area is 81.0 Å². The molecule has 0 unspecified atom stereocenters. The molecule has 2 rings (SSSR count). The van der Waals surface area contributed by atoms with Crippen molar-refractivity contribution in [2.45, 2.75) is 0 Å². The highest BCUT2D eigenvalue weighted by atomic mass is 32.1. The van der Waals surface area contributed by atoms with Crippen molar-refractivity contribution in [2.75, 3.05) is 0 Å². The normalized spacial score (nSPS) is 8.31. The summed E-state index contributed by atoms with van der Waals surface area (Å²) in [5.41, 5.74) is 1.06. The van der Waals surface area contributed by atoms with Crippen LogP contribution in [0.1, 0.15) is 0 Å². The van der Waals surface area contributed by atoms with Gasteiger partial charge in [0.15, 0.2) is 0 Å². The van der Waals surface area contributed by atoms with Gasteiger partial charge in [0.25, 0.3) is 0 Å². The summed E-state index contributed by atoms with van der Waals surface area (Å²) in [5.74, 6) is 0. The van der Waals surface area contributed by atoms with Gasteiger partial charge in [-0.05, 0) is 23.6 Å². The van der Waals surface area contributed by atoms with Crippen LogP contribution in [-0.4, -0.2) is 10.5 Å². The van der Waals surface area contributed by atoms with Crippen LogP contribution >= 0.6 is 11.3 Å². The van der Waals surface area contributed by atoms with E-state index in [4.69, 9.17) is 0 Å². The summed E-state index contributed by atoms with van der Waals surface area (Å²) in [5, 5.41) is 2.06. The summed E-state index contributed by atoms with van der Waals surface area (Å²) in [6, 6.07) is 10.1. The van der Waals surface area contributed by atoms with Crippen molar-refractivity contribution in [1.29, 1.82) is 0 Å². The predicted molar refractivity (Wildman–Crippen MR) is 56.2 cm³/mol. The molecule has 0 amide bonds. The lowest BCUT2D eigenvalue weighted by molar-refractivity contribution is 0.824. The number of thiophene rings is 1. The van der Waals surface area contributed by atoms with Crippen LogP contribution in [0, 0.1) is 0 Å². The van der Waals surface area contributed by atoms with Crippen LogP contribution in [0.25, 0.3) is 10.6 Å². The lowest BCUT2D eigenvalue weighted by Gasteiger charge is -1.92. The molecule has 0 saturated carbocycles. The van der Waals surface area contributed by atoms with Gasteiger partial charge >= 0.3 is 0 Å². The Morgan fingerprint density at radius 3 is 2.46 bits per heavy atom. The third-order valence-corrected chi connectivity index (χ3v) is 2.33. The van der Waals surface area contributed by atoms with Crippen molar-refractivity contribution >= 4 is 11.3 Å². The van der Waals surface area contributed by atoms with E-state index in [0.29, 0.717) is 0 Å². The van der Waals surface area contributed by atoms with Crippen molar-refractivity contribution in [1.82, 2.24) is 11.1 Å². The number of rotatable bonds is 1. The molecule has 4 heteroatoms. The number of hydrogen-bond donors (Lipinski definition) is 1. The minimum absolute atomic E-state index is 0. The summed E-state index contributed by atoms with van der Waals surface area (Å²) in [7, 11) is 0. The van der Waals surface area contributed by atoms with Gasteiger partial charge < -0.3 is 11.6 Å². The van der Waals surface area contributed by atoms with Gasteiger partial charge in [-0.25, -0.2) is 0 Å². The fourth-order valence-electron chi connectivity index (χ4n) is 0.933. The quantitative estimate of drug-likeness (QED) is 0.758. The molecule has 3 nitrogen and oxygen atoms in total. The lowest BCUT2D eigenvalue weighted by Crippen LogP contribution is -1.75. The van der Waals surface area contributed by atoms with Crippen molar-refractivity contribution in [3.05, 3.63) is 41.9 Å². The van der Waals surface area contributed by atoms with Crippen LogP contribution in [0.3, 0.4) is 0 Å². The number of nitrogens with zero attached hydrogens (tertiary/aromatic N) is 1. The Morgan fingerprint density at radius 1 is 1.08 bits per heavy atom. The van der Waals surface area contributed by atoms with E-state index in [2.05, 4.69) is 16.4 Å². The Hall–Kier alpha value is -1.23. The van der Waals surface area contributed by atoms with E-state index in [9.17, 15) is 0 Å². The van der Waals surface area contributed by atoms with Gasteiger partial charge in [-0.1, -0.05) is 12.1 Å². The molecule has 2 heterocycles. The van der Waals surface area contributed by atoms with E-state index in [1.807, 2.05) is 30.5 Å². The van der Waals surface area contributed by atoms with E-state index in [1.54, 1.807) is 11.3 Å². The highest BCUT2D eigenvalue weighted by Crippen LogP contribution is 2.21. The molecule has 70 valence electrons. The zero-order chi connectivity index (χ0) is 7.52. The van der Waals surface area contributed by atoms with Crippen LogP contribution in [0.2, 0.25) is 0 Å².